The smallest absolute Gasteiger partial charge is 0.154 e. The van der Waals surface area contributed by atoms with Gasteiger partial charge in [-0.25, -0.2) is 4.85 Å². The first kappa shape index (κ1) is 17.7. The monoisotopic (exact) mass is 518 g/mol. The van der Waals surface area contributed by atoms with Gasteiger partial charge in [0.15, 0.2) is 5.69 Å². The second kappa shape index (κ2) is 5.16. The van der Waals surface area contributed by atoms with Gasteiger partial charge in [-0.1, -0.05) is 33.8 Å². The summed E-state index contributed by atoms with van der Waals surface area (Å²) in [6, 6.07) is 11.3. The van der Waals surface area contributed by atoms with Crippen LogP contribution in [0.1, 0.15) is 51.7 Å². The molecular formula is C23H21IrN2-. The van der Waals surface area contributed by atoms with Crippen LogP contribution in [-0.4, -0.2) is 4.98 Å². The van der Waals surface area contributed by atoms with Crippen LogP contribution in [0.4, 0.5) is 5.69 Å². The van der Waals surface area contributed by atoms with E-state index in [2.05, 4.69) is 50.9 Å². The molecule has 1 saturated carbocycles. The number of pyridine rings is 1. The molecular weight excluding hydrogens is 496 g/mol. The van der Waals surface area contributed by atoms with Crippen molar-refractivity contribution in [3.05, 3.63) is 59.1 Å². The molecule has 5 rings (SSSR count). The average Bonchev–Trinajstić information content (AvgIpc) is 2.88. The van der Waals surface area contributed by atoms with Crippen molar-refractivity contribution in [1.29, 1.82) is 0 Å². The van der Waals surface area contributed by atoms with E-state index in [9.17, 15) is 0 Å². The molecule has 2 aliphatic rings. The largest absolute Gasteiger partial charge is 0.304 e. The number of fused-ring (bicyclic) bond motifs is 9. The summed E-state index contributed by atoms with van der Waals surface area (Å²) in [7, 11) is 0. The molecule has 2 atom stereocenters. The van der Waals surface area contributed by atoms with Crippen LogP contribution in [0.3, 0.4) is 0 Å². The first-order valence-electron chi connectivity index (χ1n) is 9.00. The Balaban J connectivity index is 0.00000168. The number of aromatic nitrogens is 1. The molecule has 0 aliphatic heterocycles. The zero-order chi connectivity index (χ0) is 17.6. The van der Waals surface area contributed by atoms with Gasteiger partial charge in [-0.05, 0) is 45.7 Å². The van der Waals surface area contributed by atoms with E-state index in [1.165, 1.54) is 24.0 Å². The maximum absolute atomic E-state index is 7.66. The standard InChI is InChI=1S/C23H21N2.Ir/c1-21(2)22(3)10-11-23(21,4)19-16-12-18(24-5)14-8-6-7-9-15(14)20(16)25-13-17(19)22;/h6-8,12-13H,10-11H2,1-4H3;/q-1;. The molecule has 0 amide bonds. The van der Waals surface area contributed by atoms with Crippen molar-refractivity contribution in [2.75, 3.05) is 0 Å². The minimum atomic E-state index is 0. The van der Waals surface area contributed by atoms with E-state index < -0.39 is 0 Å². The van der Waals surface area contributed by atoms with Crippen molar-refractivity contribution in [2.24, 2.45) is 5.41 Å². The van der Waals surface area contributed by atoms with Crippen LogP contribution < -0.4 is 0 Å². The fourth-order valence-electron chi connectivity index (χ4n) is 5.68. The molecule has 1 radical (unpaired) electrons. The number of rotatable bonds is 0. The topological polar surface area (TPSA) is 17.2 Å². The third kappa shape index (κ3) is 1.68. The fourth-order valence-corrected chi connectivity index (χ4v) is 5.68. The maximum Gasteiger partial charge on any atom is 0.154 e. The molecule has 2 aliphatic carbocycles. The molecule has 2 unspecified atom stereocenters. The van der Waals surface area contributed by atoms with Gasteiger partial charge in [0.25, 0.3) is 0 Å². The van der Waals surface area contributed by atoms with E-state index in [1.807, 2.05) is 18.2 Å². The van der Waals surface area contributed by atoms with Crippen LogP contribution in [0, 0.1) is 18.1 Å². The van der Waals surface area contributed by atoms with E-state index in [1.54, 1.807) is 0 Å². The Morgan fingerprint density at radius 2 is 1.85 bits per heavy atom. The Labute approximate surface area is 168 Å². The van der Waals surface area contributed by atoms with E-state index in [0.29, 0.717) is 5.69 Å². The van der Waals surface area contributed by atoms with E-state index in [4.69, 9.17) is 11.6 Å². The quantitative estimate of drug-likeness (QED) is 0.261. The molecule has 2 aromatic carbocycles. The average molecular weight is 518 g/mol. The van der Waals surface area contributed by atoms with Crippen LogP contribution in [0.5, 0.6) is 0 Å². The predicted molar refractivity (Wildman–Crippen MR) is 102 cm³/mol. The third-order valence-corrected chi connectivity index (χ3v) is 7.92. The zero-order valence-corrected chi connectivity index (χ0v) is 17.9. The SMILES string of the molecule is [C-]#[N+]c1cc2c3c(cnc2c2[c-]cccc12)C1(C)CCC3(C)C1(C)C.[Ir]. The molecule has 26 heavy (non-hydrogen) atoms. The summed E-state index contributed by atoms with van der Waals surface area (Å²) in [5, 5.41) is 3.09. The number of nitrogens with zero attached hydrogens (tertiary/aromatic N) is 2. The molecule has 2 nitrogen and oxygen atoms in total. The zero-order valence-electron chi connectivity index (χ0n) is 15.5. The second-order valence-corrected chi connectivity index (χ2v) is 8.70. The fraction of sp³-hybridized carbons (Fsp3) is 0.391. The van der Waals surface area contributed by atoms with Crippen LogP contribution in [0.15, 0.2) is 30.5 Å². The van der Waals surface area contributed by atoms with Gasteiger partial charge < -0.3 is 4.98 Å². The summed E-state index contributed by atoms with van der Waals surface area (Å²) in [5.74, 6) is 0. The normalized spacial score (nSPS) is 28.0. The van der Waals surface area contributed by atoms with Crippen molar-refractivity contribution < 1.29 is 20.1 Å². The van der Waals surface area contributed by atoms with Crippen LogP contribution in [0.2, 0.25) is 0 Å². The minimum Gasteiger partial charge on any atom is -0.304 e. The second-order valence-electron chi connectivity index (χ2n) is 8.70. The molecule has 1 aromatic heterocycles. The Hall–Kier alpha value is -1.75. The van der Waals surface area contributed by atoms with E-state index in [0.717, 1.165) is 21.7 Å². The molecule has 3 aromatic rings. The first-order chi connectivity index (χ1) is 11.8. The van der Waals surface area contributed by atoms with Gasteiger partial charge in [0.1, 0.15) is 0 Å². The van der Waals surface area contributed by atoms with Gasteiger partial charge >= 0.3 is 0 Å². The minimum absolute atomic E-state index is 0. The summed E-state index contributed by atoms with van der Waals surface area (Å²) < 4.78 is 0. The van der Waals surface area contributed by atoms with E-state index in [-0.39, 0.29) is 36.4 Å². The predicted octanol–water partition coefficient (Wildman–Crippen LogP) is 6.09. The van der Waals surface area contributed by atoms with Gasteiger partial charge in [0, 0.05) is 31.7 Å². The Bertz CT molecular complexity index is 1120. The van der Waals surface area contributed by atoms with Crippen LogP contribution >= 0.6 is 0 Å². The summed E-state index contributed by atoms with van der Waals surface area (Å²) in [4.78, 5) is 8.70. The van der Waals surface area contributed by atoms with Crippen LogP contribution in [-0.2, 0) is 30.9 Å². The molecule has 0 spiro atoms. The number of benzene rings is 2. The number of hydrogen-bond acceptors (Lipinski definition) is 1. The molecule has 1 heterocycles. The van der Waals surface area contributed by atoms with Crippen molar-refractivity contribution in [2.45, 2.75) is 51.4 Å². The summed E-state index contributed by atoms with van der Waals surface area (Å²) in [5.41, 5.74) is 5.00. The van der Waals surface area contributed by atoms with Gasteiger partial charge in [-0.3, -0.25) is 0 Å². The molecule has 133 valence electrons. The Morgan fingerprint density at radius 3 is 2.58 bits per heavy atom. The maximum atomic E-state index is 7.66. The first-order valence-corrected chi connectivity index (χ1v) is 9.00. The van der Waals surface area contributed by atoms with Crippen molar-refractivity contribution in [3.8, 4) is 0 Å². The summed E-state index contributed by atoms with van der Waals surface area (Å²) >= 11 is 0. The summed E-state index contributed by atoms with van der Waals surface area (Å²) in [6.07, 6.45) is 4.53. The molecule has 2 bridgehead atoms. The number of hydrogen-bond donors (Lipinski definition) is 0. The van der Waals surface area contributed by atoms with Crippen LogP contribution in [0.25, 0.3) is 26.5 Å². The Morgan fingerprint density at radius 1 is 1.12 bits per heavy atom. The third-order valence-electron chi connectivity index (χ3n) is 7.92. The van der Waals surface area contributed by atoms with Crippen molar-refractivity contribution in [1.82, 2.24) is 4.98 Å². The van der Waals surface area contributed by atoms with Gasteiger partial charge in [-0.2, -0.15) is 0 Å². The molecule has 3 heteroatoms. The Kier molecular flexibility index (Phi) is 3.50. The summed E-state index contributed by atoms with van der Waals surface area (Å²) in [6.45, 7) is 17.3. The van der Waals surface area contributed by atoms with Crippen molar-refractivity contribution in [3.63, 3.8) is 0 Å². The van der Waals surface area contributed by atoms with E-state index >= 15 is 0 Å². The van der Waals surface area contributed by atoms with Gasteiger partial charge in [0.2, 0.25) is 0 Å². The molecule has 1 fully saturated rings. The van der Waals surface area contributed by atoms with Gasteiger partial charge in [0.05, 0.1) is 6.57 Å². The molecule has 0 N–H and O–H groups in total. The van der Waals surface area contributed by atoms with Crippen molar-refractivity contribution >= 4 is 27.4 Å². The molecule has 0 saturated heterocycles. The van der Waals surface area contributed by atoms with Gasteiger partial charge in [-0.15, -0.1) is 35.0 Å².